The van der Waals surface area contributed by atoms with Crippen LogP contribution in [-0.2, 0) is 4.79 Å². The Bertz CT molecular complexity index is 1720. The lowest BCUT2D eigenvalue weighted by Crippen LogP contribution is -2.38. The molecule has 1 aliphatic rings. The molecule has 2 amide bonds. The van der Waals surface area contributed by atoms with E-state index in [0.29, 0.717) is 13.0 Å². The number of nitrogens with two attached hydrogens (primary N) is 1. The van der Waals surface area contributed by atoms with E-state index in [-0.39, 0.29) is 47.3 Å². The highest BCUT2D eigenvalue weighted by molar-refractivity contribution is 5.98. The van der Waals surface area contributed by atoms with Crippen LogP contribution in [0.2, 0.25) is 0 Å². The maximum Gasteiger partial charge on any atom is 0.328 e. The zero-order valence-corrected chi connectivity index (χ0v) is 21.3. The molecule has 1 atom stereocenters. The number of fused-ring (bicyclic) bond motifs is 1. The minimum Gasteiger partial charge on any atom is -0.478 e. The number of carboxylic acid groups (broad SMARTS) is 1. The Morgan fingerprint density at radius 1 is 1.10 bits per heavy atom. The molecule has 0 aliphatic carbocycles. The van der Waals surface area contributed by atoms with Crippen molar-refractivity contribution in [3.63, 3.8) is 0 Å². The first kappa shape index (κ1) is 28.3. The standard InChI is InChI=1S/C26H20F5N7O4/c27-15-8-13(42-23-20(30)16(28)9-17(29)21(23)31)3-4-14(15)22-19-24(32)34-11-35-25(19)38(36-22)12-5-7-37(10-12)26(41)33-6-1-2-18(39)40/h1-4,8-9,11-12H,5-7,10H2,(H,33,41)(H,39,40)(H2,32,34,35)/b2-1+/t12-/m1/s1. The number of aliphatic carboxylic acids is 1. The number of carbonyl (C=O) groups is 2. The number of nitrogen functional groups attached to an aromatic ring is 1. The van der Waals surface area contributed by atoms with E-state index in [1.165, 1.54) is 28.1 Å². The predicted molar refractivity (Wildman–Crippen MR) is 137 cm³/mol. The summed E-state index contributed by atoms with van der Waals surface area (Å²) in [6.07, 6.45) is 3.84. The molecule has 2 aromatic heterocycles. The largest absolute Gasteiger partial charge is 0.478 e. The maximum absolute atomic E-state index is 15.4. The van der Waals surface area contributed by atoms with Crippen molar-refractivity contribution in [2.45, 2.75) is 12.5 Å². The second-order valence-electron chi connectivity index (χ2n) is 9.11. The van der Waals surface area contributed by atoms with Crippen LogP contribution in [0.15, 0.2) is 42.7 Å². The first-order valence-electron chi connectivity index (χ1n) is 12.3. The Morgan fingerprint density at radius 3 is 2.52 bits per heavy atom. The van der Waals surface area contributed by atoms with Gasteiger partial charge in [-0.25, -0.2) is 37.4 Å². The lowest BCUT2D eigenvalue weighted by atomic mass is 10.1. The first-order valence-corrected chi connectivity index (χ1v) is 12.3. The van der Waals surface area contributed by atoms with Gasteiger partial charge in [0.2, 0.25) is 17.4 Å². The van der Waals surface area contributed by atoms with Gasteiger partial charge < -0.3 is 25.8 Å². The summed E-state index contributed by atoms with van der Waals surface area (Å²) >= 11 is 0. The van der Waals surface area contributed by atoms with Crippen molar-refractivity contribution in [3.05, 3.63) is 71.8 Å². The van der Waals surface area contributed by atoms with E-state index in [9.17, 15) is 27.2 Å². The van der Waals surface area contributed by atoms with E-state index >= 15 is 4.39 Å². The molecule has 42 heavy (non-hydrogen) atoms. The molecule has 218 valence electrons. The van der Waals surface area contributed by atoms with Crippen LogP contribution >= 0.6 is 0 Å². The fourth-order valence-electron chi connectivity index (χ4n) is 4.49. The van der Waals surface area contributed by atoms with Crippen molar-refractivity contribution in [1.82, 2.24) is 30.0 Å². The number of benzene rings is 2. The third kappa shape index (κ3) is 5.37. The monoisotopic (exact) mass is 589 g/mol. The number of likely N-dealkylation sites (tertiary alicyclic amines) is 1. The molecular formula is C26H20F5N7O4. The first-order chi connectivity index (χ1) is 20.0. The molecule has 5 rings (SSSR count). The summed E-state index contributed by atoms with van der Waals surface area (Å²) in [6, 6.07) is 2.24. The fourth-order valence-corrected chi connectivity index (χ4v) is 4.49. The van der Waals surface area contributed by atoms with Crippen molar-refractivity contribution >= 4 is 28.9 Å². The molecule has 3 heterocycles. The topological polar surface area (TPSA) is 148 Å². The van der Waals surface area contributed by atoms with Crippen molar-refractivity contribution in [2.75, 3.05) is 25.4 Å². The highest BCUT2D eigenvalue weighted by atomic mass is 19.2. The summed E-state index contributed by atoms with van der Waals surface area (Å²) in [5.74, 6) is -10.9. The lowest BCUT2D eigenvalue weighted by Gasteiger charge is -2.17. The number of carboxylic acids is 1. The molecule has 1 fully saturated rings. The predicted octanol–water partition coefficient (Wildman–Crippen LogP) is 4.16. The number of rotatable bonds is 7. The third-order valence-corrected chi connectivity index (χ3v) is 6.43. The lowest BCUT2D eigenvalue weighted by molar-refractivity contribution is -0.131. The van der Waals surface area contributed by atoms with Crippen LogP contribution in [0.3, 0.4) is 0 Å². The van der Waals surface area contributed by atoms with E-state index in [0.717, 1.165) is 18.2 Å². The Morgan fingerprint density at radius 2 is 1.83 bits per heavy atom. The molecule has 0 bridgehead atoms. The molecule has 4 aromatic rings. The quantitative estimate of drug-likeness (QED) is 0.165. The van der Waals surface area contributed by atoms with Gasteiger partial charge in [-0.05, 0) is 18.6 Å². The number of aromatic nitrogens is 4. The Hall–Kier alpha value is -5.28. The van der Waals surface area contributed by atoms with Gasteiger partial charge in [0.25, 0.3) is 0 Å². The minimum atomic E-state index is -1.79. The average molecular weight is 589 g/mol. The van der Waals surface area contributed by atoms with Crippen molar-refractivity contribution in [1.29, 1.82) is 0 Å². The Labute approximate surface area is 233 Å². The Kier molecular flexibility index (Phi) is 7.60. The molecule has 1 aliphatic heterocycles. The van der Waals surface area contributed by atoms with Crippen LogP contribution in [0.1, 0.15) is 12.5 Å². The van der Waals surface area contributed by atoms with Crippen LogP contribution in [0.4, 0.5) is 32.6 Å². The second kappa shape index (κ2) is 11.3. The van der Waals surface area contributed by atoms with Gasteiger partial charge in [-0.15, -0.1) is 0 Å². The molecule has 11 nitrogen and oxygen atoms in total. The molecule has 2 aromatic carbocycles. The summed E-state index contributed by atoms with van der Waals surface area (Å²) in [6.45, 7) is 0.549. The van der Waals surface area contributed by atoms with Gasteiger partial charge in [-0.2, -0.15) is 13.9 Å². The fraction of sp³-hybridized carbons (Fsp3) is 0.192. The smallest absolute Gasteiger partial charge is 0.328 e. The third-order valence-electron chi connectivity index (χ3n) is 6.43. The van der Waals surface area contributed by atoms with Gasteiger partial charge in [0.05, 0.1) is 11.4 Å². The van der Waals surface area contributed by atoms with Crippen LogP contribution in [-0.4, -0.2) is 61.4 Å². The van der Waals surface area contributed by atoms with Crippen LogP contribution < -0.4 is 15.8 Å². The van der Waals surface area contributed by atoms with Crippen LogP contribution in [0.5, 0.6) is 11.5 Å². The molecule has 0 radical (unpaired) electrons. The number of urea groups is 1. The number of halogens is 5. The van der Waals surface area contributed by atoms with Crippen molar-refractivity contribution in [2.24, 2.45) is 0 Å². The van der Waals surface area contributed by atoms with Gasteiger partial charge >= 0.3 is 12.0 Å². The molecule has 0 unspecified atom stereocenters. The summed E-state index contributed by atoms with van der Waals surface area (Å²) in [7, 11) is 0. The molecule has 1 saturated heterocycles. The summed E-state index contributed by atoms with van der Waals surface area (Å²) in [5, 5.41) is 16.0. The van der Waals surface area contributed by atoms with E-state index in [2.05, 4.69) is 20.4 Å². The van der Waals surface area contributed by atoms with E-state index in [1.807, 2.05) is 0 Å². The second-order valence-corrected chi connectivity index (χ2v) is 9.11. The van der Waals surface area contributed by atoms with Crippen molar-refractivity contribution < 1.29 is 41.4 Å². The number of hydrogen-bond acceptors (Lipinski definition) is 7. The summed E-state index contributed by atoms with van der Waals surface area (Å²) < 4.78 is 76.9. The minimum absolute atomic E-state index is 0.0112. The zero-order valence-electron chi connectivity index (χ0n) is 21.3. The zero-order chi connectivity index (χ0) is 30.1. The van der Waals surface area contributed by atoms with Gasteiger partial charge in [0.15, 0.2) is 17.3 Å². The number of carbonyl (C=O) groups excluding carboxylic acids is 1. The Balaban J connectivity index is 1.43. The number of ether oxygens (including phenoxy) is 1. The molecule has 16 heteroatoms. The molecule has 0 spiro atoms. The SMILES string of the molecule is Nc1ncnc2c1c(-c1ccc(Oc3c(F)c(F)cc(F)c3F)cc1F)nn2[C@@H]1CCN(C(=O)NC/C=C/C(=O)O)C1. The molecular weight excluding hydrogens is 569 g/mol. The van der Waals surface area contributed by atoms with E-state index in [1.54, 1.807) is 0 Å². The highest BCUT2D eigenvalue weighted by Crippen LogP contribution is 2.37. The van der Waals surface area contributed by atoms with Crippen molar-refractivity contribution in [3.8, 4) is 22.8 Å². The number of nitrogens with zero attached hydrogens (tertiary/aromatic N) is 5. The van der Waals surface area contributed by atoms with Gasteiger partial charge in [-0.3, -0.25) is 0 Å². The number of anilines is 1. The highest BCUT2D eigenvalue weighted by Gasteiger charge is 2.31. The van der Waals surface area contributed by atoms with Gasteiger partial charge in [0.1, 0.15) is 29.4 Å². The number of hydrogen-bond donors (Lipinski definition) is 3. The summed E-state index contributed by atoms with van der Waals surface area (Å²) in [4.78, 5) is 32.8. The van der Waals surface area contributed by atoms with Gasteiger partial charge in [-0.1, -0.05) is 6.08 Å². The van der Waals surface area contributed by atoms with Gasteiger partial charge in [0, 0.05) is 43.4 Å². The normalized spacial score (nSPS) is 15.1. The van der Waals surface area contributed by atoms with E-state index in [4.69, 9.17) is 15.6 Å². The maximum atomic E-state index is 15.4. The van der Waals surface area contributed by atoms with E-state index < -0.39 is 58.6 Å². The number of nitrogens with one attached hydrogen (secondary N) is 1. The number of amides is 2. The van der Waals surface area contributed by atoms with Crippen LogP contribution in [0.25, 0.3) is 22.3 Å². The van der Waals surface area contributed by atoms with Crippen LogP contribution in [0, 0.1) is 29.1 Å². The summed E-state index contributed by atoms with van der Waals surface area (Å²) in [5.41, 5.74) is 6.26. The molecule has 0 saturated carbocycles. The molecule has 4 N–H and O–H groups in total. The average Bonchev–Trinajstić information content (AvgIpc) is 3.58.